The maximum atomic E-state index is 12.8. The monoisotopic (exact) mass is 476 g/mol. The number of ether oxygens (including phenoxy) is 4. The van der Waals surface area contributed by atoms with Crippen molar-refractivity contribution in [1.29, 1.82) is 0 Å². The summed E-state index contributed by atoms with van der Waals surface area (Å²) in [6, 6.07) is 10.9. The molecule has 1 amide bonds. The normalized spacial score (nSPS) is 16.8. The van der Waals surface area contributed by atoms with E-state index in [1.165, 1.54) is 35.5 Å². The number of fused-ring (bicyclic) bond motifs is 1. The molecule has 11 heteroatoms. The lowest BCUT2D eigenvalue weighted by Crippen LogP contribution is -2.40. The molecule has 2 aliphatic rings. The summed E-state index contributed by atoms with van der Waals surface area (Å²) in [5, 5.41) is 2.70. The molecule has 10 nitrogen and oxygen atoms in total. The first kappa shape index (κ1) is 23.0. The van der Waals surface area contributed by atoms with Gasteiger partial charge in [-0.25, -0.2) is 13.2 Å². The van der Waals surface area contributed by atoms with Gasteiger partial charge in [0.1, 0.15) is 0 Å². The number of rotatable bonds is 7. The Labute approximate surface area is 191 Å². The maximum absolute atomic E-state index is 12.8. The van der Waals surface area contributed by atoms with Crippen molar-refractivity contribution in [2.75, 3.05) is 33.1 Å². The van der Waals surface area contributed by atoms with Crippen molar-refractivity contribution >= 4 is 21.9 Å². The van der Waals surface area contributed by atoms with Crippen LogP contribution >= 0.6 is 0 Å². The van der Waals surface area contributed by atoms with Crippen LogP contribution in [0.15, 0.2) is 47.4 Å². The van der Waals surface area contributed by atoms with E-state index in [-0.39, 0.29) is 36.9 Å². The van der Waals surface area contributed by atoms with Gasteiger partial charge in [-0.15, -0.1) is 0 Å². The highest BCUT2D eigenvalue weighted by molar-refractivity contribution is 7.89. The van der Waals surface area contributed by atoms with Crippen LogP contribution in [0, 0.1) is 0 Å². The van der Waals surface area contributed by atoms with Gasteiger partial charge in [0.05, 0.1) is 23.7 Å². The smallest absolute Gasteiger partial charge is 0.338 e. The van der Waals surface area contributed by atoms with Crippen molar-refractivity contribution in [2.45, 2.75) is 24.5 Å². The van der Waals surface area contributed by atoms with Gasteiger partial charge in [0.2, 0.25) is 16.8 Å². The topological polar surface area (TPSA) is 120 Å². The molecule has 1 atom stereocenters. The number of sulfonamides is 1. The third-order valence-corrected chi connectivity index (χ3v) is 7.13. The summed E-state index contributed by atoms with van der Waals surface area (Å²) in [5.74, 6) is -0.0313. The van der Waals surface area contributed by atoms with E-state index in [4.69, 9.17) is 18.9 Å². The van der Waals surface area contributed by atoms with Gasteiger partial charge in [0, 0.05) is 19.6 Å². The molecule has 2 aliphatic heterocycles. The van der Waals surface area contributed by atoms with Gasteiger partial charge in [-0.05, 0) is 42.8 Å². The van der Waals surface area contributed by atoms with Crippen LogP contribution in [0.3, 0.4) is 0 Å². The first-order valence-corrected chi connectivity index (χ1v) is 11.8. The summed E-state index contributed by atoms with van der Waals surface area (Å²) in [7, 11) is -3.76. The second kappa shape index (κ2) is 9.77. The Hall–Kier alpha value is -3.15. The SMILES string of the molecule is C[C@@H](OC(=O)c1cccc(S(=O)(=O)N2CCOCC2)c1)C(=O)NCc1ccc2c(c1)OCO2. The Morgan fingerprint density at radius 1 is 1.09 bits per heavy atom. The molecule has 0 radical (unpaired) electrons. The third-order valence-electron chi connectivity index (χ3n) is 5.23. The van der Waals surface area contributed by atoms with E-state index in [0.717, 1.165) is 5.56 Å². The fourth-order valence-corrected chi connectivity index (χ4v) is 4.84. The fraction of sp³-hybridized carbons (Fsp3) is 0.364. The zero-order valence-corrected chi connectivity index (χ0v) is 18.8. The number of benzene rings is 2. The molecule has 2 aromatic rings. The van der Waals surface area contributed by atoms with Crippen LogP contribution in [0.5, 0.6) is 11.5 Å². The van der Waals surface area contributed by atoms with Crippen molar-refractivity contribution in [3.63, 3.8) is 0 Å². The predicted octanol–water partition coefficient (Wildman–Crippen LogP) is 1.30. The zero-order valence-electron chi connectivity index (χ0n) is 18.0. The van der Waals surface area contributed by atoms with Crippen molar-refractivity contribution in [1.82, 2.24) is 9.62 Å². The minimum atomic E-state index is -3.76. The van der Waals surface area contributed by atoms with Gasteiger partial charge in [-0.3, -0.25) is 4.79 Å². The van der Waals surface area contributed by atoms with Gasteiger partial charge in [0.15, 0.2) is 17.6 Å². The molecule has 0 unspecified atom stereocenters. The quantitative estimate of drug-likeness (QED) is 0.594. The maximum Gasteiger partial charge on any atom is 0.338 e. The number of nitrogens with one attached hydrogen (secondary N) is 1. The van der Waals surface area contributed by atoms with E-state index in [2.05, 4.69) is 5.32 Å². The van der Waals surface area contributed by atoms with Crippen molar-refractivity contribution in [3.8, 4) is 11.5 Å². The largest absolute Gasteiger partial charge is 0.454 e. The number of hydrogen-bond acceptors (Lipinski definition) is 8. The summed E-state index contributed by atoms with van der Waals surface area (Å²) in [5.41, 5.74) is 0.840. The van der Waals surface area contributed by atoms with Crippen LogP contribution in [-0.4, -0.2) is 63.8 Å². The van der Waals surface area contributed by atoms with Crippen LogP contribution < -0.4 is 14.8 Å². The fourth-order valence-electron chi connectivity index (χ4n) is 3.39. The second-order valence-electron chi connectivity index (χ2n) is 7.50. The lowest BCUT2D eigenvalue weighted by Gasteiger charge is -2.26. The Morgan fingerprint density at radius 3 is 2.64 bits per heavy atom. The van der Waals surface area contributed by atoms with Crippen LogP contribution in [-0.2, 0) is 30.8 Å². The number of nitrogens with zero attached hydrogens (tertiary/aromatic N) is 1. The van der Waals surface area contributed by atoms with E-state index in [1.54, 1.807) is 18.2 Å². The Balaban J connectivity index is 1.35. The summed E-state index contributed by atoms with van der Waals surface area (Å²) < 4.78 is 48.0. The summed E-state index contributed by atoms with van der Waals surface area (Å²) in [4.78, 5) is 24.9. The Kier molecular flexibility index (Phi) is 6.82. The van der Waals surface area contributed by atoms with Crippen molar-refractivity contribution < 1.29 is 37.0 Å². The third kappa shape index (κ3) is 5.27. The summed E-state index contributed by atoms with van der Waals surface area (Å²) in [6.07, 6.45) is -1.08. The molecule has 0 aliphatic carbocycles. The van der Waals surface area contributed by atoms with Gasteiger partial charge in [0.25, 0.3) is 5.91 Å². The van der Waals surface area contributed by atoms with Crippen molar-refractivity contribution in [3.05, 3.63) is 53.6 Å². The van der Waals surface area contributed by atoms with E-state index >= 15 is 0 Å². The minimum Gasteiger partial charge on any atom is -0.454 e. The average molecular weight is 477 g/mol. The van der Waals surface area contributed by atoms with Crippen LogP contribution in [0.1, 0.15) is 22.8 Å². The van der Waals surface area contributed by atoms with E-state index < -0.39 is 28.0 Å². The van der Waals surface area contributed by atoms with Crippen molar-refractivity contribution in [2.24, 2.45) is 0 Å². The van der Waals surface area contributed by atoms with Crippen LogP contribution in [0.2, 0.25) is 0 Å². The van der Waals surface area contributed by atoms with E-state index in [0.29, 0.717) is 24.7 Å². The Morgan fingerprint density at radius 2 is 1.85 bits per heavy atom. The molecular weight excluding hydrogens is 452 g/mol. The molecular formula is C22H24N2O8S. The average Bonchev–Trinajstić information content (AvgIpc) is 3.31. The van der Waals surface area contributed by atoms with Gasteiger partial charge in [-0.1, -0.05) is 12.1 Å². The first-order chi connectivity index (χ1) is 15.8. The molecule has 0 saturated carbocycles. The number of esters is 1. The molecule has 0 bridgehead atoms. The molecule has 176 valence electrons. The first-order valence-electron chi connectivity index (χ1n) is 10.4. The minimum absolute atomic E-state index is 0.0150. The molecule has 0 spiro atoms. The number of carbonyl (C=O) groups is 2. The highest BCUT2D eigenvalue weighted by Crippen LogP contribution is 2.32. The lowest BCUT2D eigenvalue weighted by atomic mass is 10.2. The molecule has 1 N–H and O–H groups in total. The Bertz CT molecular complexity index is 1140. The second-order valence-corrected chi connectivity index (χ2v) is 9.44. The van der Waals surface area contributed by atoms with Crippen LogP contribution in [0.25, 0.3) is 0 Å². The number of carbonyl (C=O) groups excluding carboxylic acids is 2. The highest BCUT2D eigenvalue weighted by atomic mass is 32.2. The number of morpholine rings is 1. The lowest BCUT2D eigenvalue weighted by molar-refractivity contribution is -0.129. The van der Waals surface area contributed by atoms with Gasteiger partial charge in [-0.2, -0.15) is 4.31 Å². The highest BCUT2D eigenvalue weighted by Gasteiger charge is 2.27. The molecule has 33 heavy (non-hydrogen) atoms. The summed E-state index contributed by atoms with van der Waals surface area (Å²) in [6.45, 7) is 2.95. The molecule has 4 rings (SSSR count). The molecule has 2 heterocycles. The standard InChI is InChI=1S/C22H24N2O8S/c1-15(21(25)23-13-16-5-6-19-20(11-16)31-14-30-19)32-22(26)17-3-2-4-18(12-17)33(27,28)24-7-9-29-10-8-24/h2-6,11-12,15H,7-10,13-14H2,1H3,(H,23,25)/t15-/m1/s1. The zero-order chi connectivity index (χ0) is 23.4. The molecule has 1 fully saturated rings. The predicted molar refractivity (Wildman–Crippen MR) is 115 cm³/mol. The number of amides is 1. The number of hydrogen-bond donors (Lipinski definition) is 1. The summed E-state index contributed by atoms with van der Waals surface area (Å²) >= 11 is 0. The molecule has 0 aromatic heterocycles. The molecule has 1 saturated heterocycles. The van der Waals surface area contributed by atoms with Crippen LogP contribution in [0.4, 0.5) is 0 Å². The van der Waals surface area contributed by atoms with E-state index in [1.807, 2.05) is 0 Å². The van der Waals surface area contributed by atoms with Gasteiger partial charge >= 0.3 is 5.97 Å². The van der Waals surface area contributed by atoms with E-state index in [9.17, 15) is 18.0 Å². The molecule has 2 aromatic carbocycles. The van der Waals surface area contributed by atoms with Gasteiger partial charge < -0.3 is 24.3 Å².